The third-order valence-electron chi connectivity index (χ3n) is 4.27. The summed E-state index contributed by atoms with van der Waals surface area (Å²) in [6, 6.07) is 19.5. The average molecular weight is 397 g/mol. The van der Waals surface area contributed by atoms with Gasteiger partial charge >= 0.3 is 5.97 Å². The van der Waals surface area contributed by atoms with E-state index in [2.05, 4.69) is 0 Å². The number of sulfonamides is 1. The van der Waals surface area contributed by atoms with E-state index in [4.69, 9.17) is 4.74 Å². The SMILES string of the molecule is Cc1ccc(S(=O)(=O)N(CC(=O)OC(C)C)c2ccc3ccccc3c2)cc1. The molecule has 0 bridgehead atoms. The number of anilines is 1. The molecule has 0 aromatic heterocycles. The summed E-state index contributed by atoms with van der Waals surface area (Å²) in [6.45, 7) is 4.95. The van der Waals surface area contributed by atoms with Crippen LogP contribution in [0.15, 0.2) is 71.6 Å². The topological polar surface area (TPSA) is 63.7 Å². The second-order valence-electron chi connectivity index (χ2n) is 6.89. The molecule has 5 nitrogen and oxygen atoms in total. The van der Waals surface area contributed by atoms with E-state index >= 15 is 0 Å². The predicted molar refractivity (Wildman–Crippen MR) is 111 cm³/mol. The first-order valence-corrected chi connectivity index (χ1v) is 10.5. The Morgan fingerprint density at radius 1 is 0.964 bits per heavy atom. The zero-order valence-corrected chi connectivity index (χ0v) is 16.9. The zero-order valence-electron chi connectivity index (χ0n) is 16.1. The molecule has 0 aliphatic rings. The fraction of sp³-hybridized carbons (Fsp3) is 0.227. The lowest BCUT2D eigenvalue weighted by molar-refractivity contribution is -0.145. The molecule has 3 aromatic rings. The summed E-state index contributed by atoms with van der Waals surface area (Å²) in [5.74, 6) is -0.598. The molecule has 0 radical (unpaired) electrons. The normalized spacial score (nSPS) is 11.6. The molecule has 28 heavy (non-hydrogen) atoms. The van der Waals surface area contributed by atoms with Gasteiger partial charge in [0.05, 0.1) is 16.7 Å². The predicted octanol–water partition coefficient (Wildman–Crippen LogP) is 4.30. The molecule has 0 saturated heterocycles. The number of esters is 1. The number of ether oxygens (including phenoxy) is 1. The summed E-state index contributed by atoms with van der Waals surface area (Å²) in [6.07, 6.45) is -0.326. The number of nitrogens with zero attached hydrogens (tertiary/aromatic N) is 1. The van der Waals surface area contributed by atoms with Gasteiger partial charge in [-0.15, -0.1) is 0 Å². The number of hydrogen-bond acceptors (Lipinski definition) is 4. The first-order chi connectivity index (χ1) is 13.3. The second kappa shape index (κ2) is 8.02. The largest absolute Gasteiger partial charge is 0.462 e. The Balaban J connectivity index is 2.07. The Hall–Kier alpha value is -2.86. The van der Waals surface area contributed by atoms with E-state index in [0.29, 0.717) is 5.69 Å². The van der Waals surface area contributed by atoms with Gasteiger partial charge in [-0.25, -0.2) is 8.42 Å². The van der Waals surface area contributed by atoms with E-state index in [9.17, 15) is 13.2 Å². The van der Waals surface area contributed by atoms with Crippen molar-refractivity contribution in [3.63, 3.8) is 0 Å². The number of fused-ring (bicyclic) bond motifs is 1. The van der Waals surface area contributed by atoms with Crippen LogP contribution in [-0.4, -0.2) is 27.0 Å². The molecule has 0 aliphatic carbocycles. The summed E-state index contributed by atoms with van der Waals surface area (Å²) in [5, 5.41) is 1.88. The van der Waals surface area contributed by atoms with Gasteiger partial charge in [-0.1, -0.05) is 48.0 Å². The van der Waals surface area contributed by atoms with Gasteiger partial charge in [0.25, 0.3) is 10.0 Å². The van der Waals surface area contributed by atoms with Crippen molar-refractivity contribution >= 4 is 32.5 Å². The molecule has 0 amide bonds. The van der Waals surface area contributed by atoms with Crippen LogP contribution in [0.5, 0.6) is 0 Å². The van der Waals surface area contributed by atoms with Crippen molar-refractivity contribution in [2.75, 3.05) is 10.8 Å². The van der Waals surface area contributed by atoms with Crippen LogP contribution in [0, 0.1) is 6.92 Å². The van der Waals surface area contributed by atoms with Gasteiger partial charge in [0.15, 0.2) is 0 Å². The molecule has 0 spiro atoms. The lowest BCUT2D eigenvalue weighted by Gasteiger charge is -2.24. The van der Waals surface area contributed by atoms with E-state index < -0.39 is 22.5 Å². The van der Waals surface area contributed by atoms with Crippen molar-refractivity contribution in [2.45, 2.75) is 31.8 Å². The van der Waals surface area contributed by atoms with Gasteiger partial charge in [0.1, 0.15) is 6.54 Å². The maximum Gasteiger partial charge on any atom is 0.327 e. The van der Waals surface area contributed by atoms with Crippen LogP contribution in [0.1, 0.15) is 19.4 Å². The number of carbonyl (C=O) groups excluding carboxylic acids is 1. The molecule has 0 fully saturated rings. The lowest BCUT2D eigenvalue weighted by Crippen LogP contribution is -2.37. The number of carbonyl (C=O) groups is 1. The van der Waals surface area contributed by atoms with E-state index in [1.165, 1.54) is 0 Å². The van der Waals surface area contributed by atoms with Gasteiger partial charge in [-0.2, -0.15) is 0 Å². The van der Waals surface area contributed by atoms with Gasteiger partial charge in [-0.05, 0) is 55.8 Å². The minimum atomic E-state index is -3.94. The van der Waals surface area contributed by atoms with Crippen LogP contribution in [0.4, 0.5) is 5.69 Å². The Morgan fingerprint density at radius 3 is 2.25 bits per heavy atom. The summed E-state index contributed by atoms with van der Waals surface area (Å²) in [4.78, 5) is 12.4. The molecule has 0 saturated carbocycles. The van der Waals surface area contributed by atoms with Crippen LogP contribution in [0.25, 0.3) is 10.8 Å². The standard InChI is InChI=1S/C22H23NO4S/c1-16(2)27-22(24)15-23(28(25,26)21-12-8-17(3)9-13-21)20-11-10-18-6-4-5-7-19(18)14-20/h4-14,16H,15H2,1-3H3. The smallest absolute Gasteiger partial charge is 0.327 e. The highest BCUT2D eigenvalue weighted by Gasteiger charge is 2.28. The van der Waals surface area contributed by atoms with Crippen LogP contribution >= 0.6 is 0 Å². The third kappa shape index (κ3) is 4.34. The Bertz CT molecular complexity index is 1090. The maximum atomic E-state index is 13.3. The monoisotopic (exact) mass is 397 g/mol. The highest BCUT2D eigenvalue weighted by molar-refractivity contribution is 7.92. The van der Waals surface area contributed by atoms with Crippen molar-refractivity contribution in [1.29, 1.82) is 0 Å². The molecule has 0 atom stereocenters. The van der Waals surface area contributed by atoms with Crippen LogP contribution < -0.4 is 4.31 Å². The van der Waals surface area contributed by atoms with E-state index in [-0.39, 0.29) is 11.0 Å². The molecule has 6 heteroatoms. The highest BCUT2D eigenvalue weighted by Crippen LogP contribution is 2.27. The first kappa shape index (κ1) is 19.9. The van der Waals surface area contributed by atoms with Crippen molar-refractivity contribution in [3.8, 4) is 0 Å². The van der Waals surface area contributed by atoms with Crippen molar-refractivity contribution in [1.82, 2.24) is 0 Å². The summed E-state index contributed by atoms with van der Waals surface area (Å²) < 4.78 is 32.9. The molecular weight excluding hydrogens is 374 g/mol. The maximum absolute atomic E-state index is 13.3. The molecule has 0 heterocycles. The Labute approximate surface area is 165 Å². The van der Waals surface area contributed by atoms with Crippen LogP contribution in [0.3, 0.4) is 0 Å². The third-order valence-corrected chi connectivity index (χ3v) is 6.06. The molecule has 3 aromatic carbocycles. The van der Waals surface area contributed by atoms with Crippen LogP contribution in [-0.2, 0) is 19.6 Å². The van der Waals surface area contributed by atoms with Gasteiger partial charge in [-0.3, -0.25) is 9.10 Å². The lowest BCUT2D eigenvalue weighted by atomic mass is 10.1. The number of rotatable bonds is 6. The van der Waals surface area contributed by atoms with E-state index in [0.717, 1.165) is 20.6 Å². The molecule has 146 valence electrons. The van der Waals surface area contributed by atoms with Crippen molar-refractivity contribution in [3.05, 3.63) is 72.3 Å². The molecule has 3 rings (SSSR count). The Morgan fingerprint density at radius 2 is 1.61 bits per heavy atom. The molecule has 0 unspecified atom stereocenters. The fourth-order valence-corrected chi connectivity index (χ4v) is 4.30. The minimum absolute atomic E-state index is 0.128. The molecule has 0 N–H and O–H groups in total. The minimum Gasteiger partial charge on any atom is -0.462 e. The van der Waals surface area contributed by atoms with Crippen molar-refractivity contribution < 1.29 is 17.9 Å². The quantitative estimate of drug-likeness (QED) is 0.582. The van der Waals surface area contributed by atoms with E-state index in [1.807, 2.05) is 37.3 Å². The van der Waals surface area contributed by atoms with E-state index in [1.54, 1.807) is 50.2 Å². The van der Waals surface area contributed by atoms with Crippen LogP contribution in [0.2, 0.25) is 0 Å². The summed E-state index contributed by atoms with van der Waals surface area (Å²) >= 11 is 0. The number of hydrogen-bond donors (Lipinski definition) is 0. The van der Waals surface area contributed by atoms with Gasteiger partial charge < -0.3 is 4.74 Å². The average Bonchev–Trinajstić information content (AvgIpc) is 2.65. The van der Waals surface area contributed by atoms with Gasteiger partial charge in [0, 0.05) is 0 Å². The highest BCUT2D eigenvalue weighted by atomic mass is 32.2. The summed E-state index contributed by atoms with van der Waals surface area (Å²) in [5.41, 5.74) is 1.37. The fourth-order valence-electron chi connectivity index (χ4n) is 2.90. The number of aryl methyl sites for hydroxylation is 1. The molecular formula is C22H23NO4S. The zero-order chi connectivity index (χ0) is 20.3. The first-order valence-electron chi connectivity index (χ1n) is 9.05. The summed E-state index contributed by atoms with van der Waals surface area (Å²) in [7, 11) is -3.94. The Kier molecular flexibility index (Phi) is 5.70. The second-order valence-corrected chi connectivity index (χ2v) is 8.76. The molecule has 0 aliphatic heterocycles. The van der Waals surface area contributed by atoms with Gasteiger partial charge in [0.2, 0.25) is 0 Å². The number of benzene rings is 3. The van der Waals surface area contributed by atoms with Crippen molar-refractivity contribution in [2.24, 2.45) is 0 Å².